The van der Waals surface area contributed by atoms with E-state index in [-0.39, 0.29) is 5.60 Å². The van der Waals surface area contributed by atoms with E-state index in [0.717, 1.165) is 38.1 Å². The van der Waals surface area contributed by atoms with Crippen LogP contribution >= 0.6 is 0 Å². The van der Waals surface area contributed by atoms with Gasteiger partial charge < -0.3 is 10.4 Å². The van der Waals surface area contributed by atoms with Gasteiger partial charge in [-0.2, -0.15) is 0 Å². The maximum absolute atomic E-state index is 10.8. The standard InChI is InChI=1S/C15H29NO/c1-3-16-14-8-10-15(17,11-9-14)13-6-4-12(2)5-7-13/h12-14,16-17H,3-11H2,1-2H3. The highest BCUT2D eigenvalue weighted by atomic mass is 16.3. The molecule has 0 unspecified atom stereocenters. The van der Waals surface area contributed by atoms with E-state index in [9.17, 15) is 5.11 Å². The Morgan fingerprint density at radius 2 is 1.65 bits per heavy atom. The largest absolute Gasteiger partial charge is 0.390 e. The Labute approximate surface area is 106 Å². The van der Waals surface area contributed by atoms with Crippen molar-refractivity contribution in [3.63, 3.8) is 0 Å². The van der Waals surface area contributed by atoms with Crippen molar-refractivity contribution in [2.75, 3.05) is 6.54 Å². The zero-order chi connectivity index (χ0) is 12.3. The molecule has 0 aliphatic heterocycles. The van der Waals surface area contributed by atoms with Crippen molar-refractivity contribution < 1.29 is 5.11 Å². The quantitative estimate of drug-likeness (QED) is 0.793. The third-order valence-electron chi connectivity index (χ3n) is 5.12. The van der Waals surface area contributed by atoms with E-state index in [1.54, 1.807) is 0 Å². The fourth-order valence-electron chi connectivity index (χ4n) is 3.82. The molecule has 0 saturated heterocycles. The van der Waals surface area contributed by atoms with Crippen LogP contribution in [0, 0.1) is 11.8 Å². The Bertz CT molecular complexity index is 225. The van der Waals surface area contributed by atoms with Crippen molar-refractivity contribution in [1.29, 1.82) is 0 Å². The van der Waals surface area contributed by atoms with Crippen molar-refractivity contribution >= 4 is 0 Å². The minimum Gasteiger partial charge on any atom is -0.390 e. The topological polar surface area (TPSA) is 32.3 Å². The molecule has 2 N–H and O–H groups in total. The molecule has 2 aliphatic carbocycles. The van der Waals surface area contributed by atoms with Gasteiger partial charge in [0.15, 0.2) is 0 Å². The molecule has 0 atom stereocenters. The van der Waals surface area contributed by atoms with E-state index < -0.39 is 0 Å². The van der Waals surface area contributed by atoms with Gasteiger partial charge in [-0.3, -0.25) is 0 Å². The third kappa shape index (κ3) is 3.23. The molecule has 2 heteroatoms. The van der Waals surface area contributed by atoms with Gasteiger partial charge in [0.25, 0.3) is 0 Å². The summed E-state index contributed by atoms with van der Waals surface area (Å²) in [5.41, 5.74) is -0.327. The van der Waals surface area contributed by atoms with Gasteiger partial charge >= 0.3 is 0 Å². The smallest absolute Gasteiger partial charge is 0.0677 e. The first-order chi connectivity index (χ1) is 8.14. The summed E-state index contributed by atoms with van der Waals surface area (Å²) in [6.45, 7) is 5.58. The summed E-state index contributed by atoms with van der Waals surface area (Å²) < 4.78 is 0. The molecule has 2 rings (SSSR count). The lowest BCUT2D eigenvalue weighted by atomic mass is 9.67. The van der Waals surface area contributed by atoms with E-state index in [2.05, 4.69) is 19.2 Å². The van der Waals surface area contributed by atoms with Gasteiger partial charge in [-0.1, -0.05) is 26.7 Å². The fourth-order valence-corrected chi connectivity index (χ4v) is 3.82. The molecular formula is C15H29NO. The normalized spacial score (nSPS) is 43.6. The van der Waals surface area contributed by atoms with Gasteiger partial charge in [-0.05, 0) is 56.9 Å². The molecule has 2 fully saturated rings. The molecule has 0 aromatic rings. The lowest BCUT2D eigenvalue weighted by Crippen LogP contribution is -2.46. The molecule has 0 aromatic carbocycles. The number of hydrogen-bond acceptors (Lipinski definition) is 2. The lowest BCUT2D eigenvalue weighted by molar-refractivity contribution is -0.0694. The van der Waals surface area contributed by atoms with E-state index in [0.29, 0.717) is 12.0 Å². The molecule has 0 bridgehead atoms. The third-order valence-corrected chi connectivity index (χ3v) is 5.12. The Balaban J connectivity index is 1.84. The fraction of sp³-hybridized carbons (Fsp3) is 1.00. The van der Waals surface area contributed by atoms with E-state index in [1.165, 1.54) is 25.7 Å². The minimum absolute atomic E-state index is 0.327. The summed E-state index contributed by atoms with van der Waals surface area (Å²) in [4.78, 5) is 0. The van der Waals surface area contributed by atoms with Gasteiger partial charge in [-0.15, -0.1) is 0 Å². The van der Waals surface area contributed by atoms with Crippen LogP contribution in [0.4, 0.5) is 0 Å². The summed E-state index contributed by atoms with van der Waals surface area (Å²) in [5, 5.41) is 14.4. The summed E-state index contributed by atoms with van der Waals surface area (Å²) in [6.07, 6.45) is 9.51. The van der Waals surface area contributed by atoms with Crippen LogP contribution in [0.3, 0.4) is 0 Å². The van der Waals surface area contributed by atoms with Crippen molar-refractivity contribution in [2.24, 2.45) is 11.8 Å². The molecule has 100 valence electrons. The number of rotatable bonds is 3. The van der Waals surface area contributed by atoms with Gasteiger partial charge in [0, 0.05) is 6.04 Å². The Morgan fingerprint density at radius 3 is 2.18 bits per heavy atom. The second kappa shape index (κ2) is 5.71. The van der Waals surface area contributed by atoms with Crippen molar-refractivity contribution in [1.82, 2.24) is 5.32 Å². The SMILES string of the molecule is CCNC1CCC(O)(C2CCC(C)CC2)CC1. The predicted octanol–water partition coefficient (Wildman–Crippen LogP) is 3.10. The molecule has 17 heavy (non-hydrogen) atoms. The van der Waals surface area contributed by atoms with Gasteiger partial charge in [-0.25, -0.2) is 0 Å². The van der Waals surface area contributed by atoms with Crippen LogP contribution in [0.1, 0.15) is 65.2 Å². The Kier molecular flexibility index (Phi) is 4.48. The summed E-state index contributed by atoms with van der Waals surface area (Å²) in [5.74, 6) is 1.47. The second-order valence-corrected chi connectivity index (χ2v) is 6.39. The first-order valence-corrected chi connectivity index (χ1v) is 7.60. The first-order valence-electron chi connectivity index (χ1n) is 7.60. The average Bonchev–Trinajstić information content (AvgIpc) is 2.33. The van der Waals surface area contributed by atoms with E-state index in [4.69, 9.17) is 0 Å². The van der Waals surface area contributed by atoms with Crippen molar-refractivity contribution in [2.45, 2.75) is 76.9 Å². The zero-order valence-electron chi connectivity index (χ0n) is 11.5. The molecule has 0 aromatic heterocycles. The highest BCUT2D eigenvalue weighted by Gasteiger charge is 2.40. The second-order valence-electron chi connectivity index (χ2n) is 6.39. The van der Waals surface area contributed by atoms with Crippen molar-refractivity contribution in [3.05, 3.63) is 0 Å². The molecule has 0 amide bonds. The average molecular weight is 239 g/mol. The minimum atomic E-state index is -0.327. The maximum Gasteiger partial charge on any atom is 0.0677 e. The van der Waals surface area contributed by atoms with Crippen LogP contribution in [0.25, 0.3) is 0 Å². The number of nitrogens with one attached hydrogen (secondary N) is 1. The Hall–Kier alpha value is -0.0800. The van der Waals surface area contributed by atoms with Crippen LogP contribution in [0.5, 0.6) is 0 Å². The molecule has 0 heterocycles. The summed E-state index contributed by atoms with van der Waals surface area (Å²) in [7, 11) is 0. The van der Waals surface area contributed by atoms with Crippen LogP contribution < -0.4 is 5.32 Å². The number of hydrogen-bond donors (Lipinski definition) is 2. The molecule has 2 saturated carbocycles. The highest BCUT2D eigenvalue weighted by Crippen LogP contribution is 2.42. The molecule has 2 nitrogen and oxygen atoms in total. The predicted molar refractivity (Wildman–Crippen MR) is 72.0 cm³/mol. The summed E-state index contributed by atoms with van der Waals surface area (Å²) >= 11 is 0. The number of aliphatic hydroxyl groups is 1. The first kappa shape index (κ1) is 13.4. The monoisotopic (exact) mass is 239 g/mol. The Morgan fingerprint density at radius 1 is 1.06 bits per heavy atom. The molecule has 0 spiro atoms. The van der Waals surface area contributed by atoms with Crippen molar-refractivity contribution in [3.8, 4) is 0 Å². The van der Waals surface area contributed by atoms with Gasteiger partial charge in [0.1, 0.15) is 0 Å². The highest BCUT2D eigenvalue weighted by molar-refractivity contribution is 4.94. The zero-order valence-corrected chi connectivity index (χ0v) is 11.5. The van der Waals surface area contributed by atoms with Crippen LogP contribution in [-0.2, 0) is 0 Å². The van der Waals surface area contributed by atoms with Crippen LogP contribution in [0.2, 0.25) is 0 Å². The van der Waals surface area contributed by atoms with Gasteiger partial charge in [0.2, 0.25) is 0 Å². The summed E-state index contributed by atoms with van der Waals surface area (Å²) in [6, 6.07) is 0.655. The van der Waals surface area contributed by atoms with Gasteiger partial charge in [0.05, 0.1) is 5.60 Å². The molecule has 0 radical (unpaired) electrons. The maximum atomic E-state index is 10.8. The molecular weight excluding hydrogens is 210 g/mol. The van der Waals surface area contributed by atoms with Crippen LogP contribution in [0.15, 0.2) is 0 Å². The lowest BCUT2D eigenvalue weighted by Gasteiger charge is -2.44. The van der Waals surface area contributed by atoms with E-state index >= 15 is 0 Å². The molecule has 2 aliphatic rings. The van der Waals surface area contributed by atoms with E-state index in [1.807, 2.05) is 0 Å². The van der Waals surface area contributed by atoms with Crippen LogP contribution in [-0.4, -0.2) is 23.3 Å².